The number of rotatable bonds is 9. The second-order valence-corrected chi connectivity index (χ2v) is 25.8. The Morgan fingerprint density at radius 2 is 0.835 bits per heavy atom. The molecule has 0 radical (unpaired) electrons. The van der Waals surface area contributed by atoms with Gasteiger partial charge in [0.1, 0.15) is 11.2 Å². The maximum Gasteiger partial charge on any atom is 0.136 e. The number of fused-ring (bicyclic) bond motifs is 15. The van der Waals surface area contributed by atoms with Crippen molar-refractivity contribution in [2.24, 2.45) is 0 Å². The highest BCUT2D eigenvalue weighted by molar-refractivity contribution is 7.25. The zero-order valence-electron chi connectivity index (χ0n) is 57.3. The van der Waals surface area contributed by atoms with Crippen molar-refractivity contribution < 1.29 is 11.3 Å². The summed E-state index contributed by atoms with van der Waals surface area (Å²) in [6.45, 7) is 0. The van der Waals surface area contributed by atoms with Crippen molar-refractivity contribution in [2.75, 3.05) is 4.90 Å². The molecule has 0 N–H and O–H groups in total. The van der Waals surface area contributed by atoms with Crippen molar-refractivity contribution in [3.63, 3.8) is 0 Å². The van der Waals surface area contributed by atoms with E-state index in [1.807, 2.05) is 40.2 Å². The summed E-state index contributed by atoms with van der Waals surface area (Å²) in [7, 11) is 0. The molecule has 454 valence electrons. The average molecular weight is 1260 g/mol. The van der Waals surface area contributed by atoms with Crippen molar-refractivity contribution in [3.05, 3.63) is 358 Å². The summed E-state index contributed by atoms with van der Waals surface area (Å²) in [5, 5.41) is 13.5. The summed E-state index contributed by atoms with van der Waals surface area (Å²) in [6.07, 6.45) is 0. The molecule has 0 aliphatic rings. The number of anilines is 3. The third-order valence-corrected chi connectivity index (χ3v) is 20.4. The number of para-hydroxylation sites is 2. The fourth-order valence-electron chi connectivity index (χ4n) is 14.8. The van der Waals surface area contributed by atoms with E-state index in [4.69, 9.17) is 11.3 Å². The molecule has 0 atom stereocenters. The van der Waals surface area contributed by atoms with Crippen molar-refractivity contribution in [1.29, 1.82) is 0 Å². The maximum absolute atomic E-state index is 9.00. The number of aromatic nitrogens is 2. The minimum absolute atomic E-state index is 0.137. The van der Waals surface area contributed by atoms with Crippen molar-refractivity contribution >= 4 is 136 Å². The Morgan fingerprint density at radius 3 is 1.58 bits per heavy atom. The van der Waals surface area contributed by atoms with Crippen LogP contribution in [-0.4, -0.2) is 9.13 Å². The van der Waals surface area contributed by atoms with Gasteiger partial charge in [-0.25, -0.2) is 0 Å². The first-order valence-electron chi connectivity index (χ1n) is 35.2. The van der Waals surface area contributed by atoms with Crippen molar-refractivity contribution in [1.82, 2.24) is 9.13 Å². The fourth-order valence-corrected chi connectivity index (χ4v) is 15.9. The van der Waals surface area contributed by atoms with E-state index in [1.165, 1.54) is 69.9 Å². The zero-order valence-corrected chi connectivity index (χ0v) is 53.2. The molecule has 0 saturated carbocycles. The number of hydrogen-bond donors (Lipinski definition) is 0. The number of nitrogens with zero attached hydrogens (tertiary/aromatic N) is 3. The molecule has 0 aliphatic heterocycles. The Labute approximate surface area is 571 Å². The van der Waals surface area contributed by atoms with Crippen LogP contribution < -0.4 is 4.90 Å². The Hall–Kier alpha value is -12.5. The third-order valence-electron chi connectivity index (χ3n) is 19.3. The van der Waals surface area contributed by atoms with E-state index in [-0.39, 0.29) is 29.9 Å². The van der Waals surface area contributed by atoms with Gasteiger partial charge in [0.2, 0.25) is 0 Å². The Balaban J connectivity index is 0.000000141. The van der Waals surface area contributed by atoms with Crippen LogP contribution >= 0.6 is 11.3 Å². The Morgan fingerprint density at radius 1 is 0.278 bits per heavy atom. The highest BCUT2D eigenvalue weighted by Gasteiger charge is 2.22. The topological polar surface area (TPSA) is 26.2 Å². The highest BCUT2D eigenvalue weighted by Crippen LogP contribution is 2.46. The van der Waals surface area contributed by atoms with E-state index >= 15 is 0 Å². The summed E-state index contributed by atoms with van der Waals surface area (Å²) in [4.78, 5) is 2.34. The fraction of sp³-hybridized carbons (Fsp3) is 0. The molecule has 0 unspecified atom stereocenters. The summed E-state index contributed by atoms with van der Waals surface area (Å²) >= 11 is 1.85. The van der Waals surface area contributed by atoms with Crippen LogP contribution in [0.1, 0.15) is 6.85 Å². The van der Waals surface area contributed by atoms with Gasteiger partial charge >= 0.3 is 0 Å². The van der Waals surface area contributed by atoms with Gasteiger partial charge in [0.15, 0.2) is 0 Å². The van der Waals surface area contributed by atoms with Gasteiger partial charge < -0.3 is 18.5 Å². The maximum atomic E-state index is 9.00. The molecule has 0 spiro atoms. The molecule has 4 heterocycles. The predicted octanol–water partition coefficient (Wildman–Crippen LogP) is 26.3. The lowest BCUT2D eigenvalue weighted by atomic mass is 9.98. The van der Waals surface area contributed by atoms with Crippen LogP contribution in [0, 0.1) is 0 Å². The second kappa shape index (κ2) is 23.2. The molecule has 0 fully saturated rings. The van der Waals surface area contributed by atoms with E-state index in [0.717, 1.165) is 105 Å². The van der Waals surface area contributed by atoms with Crippen molar-refractivity contribution in [3.8, 4) is 55.9 Å². The summed E-state index contributed by atoms with van der Waals surface area (Å²) in [5.41, 5.74) is 19.2. The van der Waals surface area contributed by atoms with Crippen LogP contribution in [0.15, 0.2) is 362 Å². The van der Waals surface area contributed by atoms with Crippen LogP contribution in [0.5, 0.6) is 0 Å². The molecule has 5 heteroatoms. The monoisotopic (exact) mass is 1260 g/mol. The van der Waals surface area contributed by atoms with Crippen LogP contribution in [-0.2, 0) is 0 Å². The minimum atomic E-state index is -0.408. The van der Waals surface area contributed by atoms with Gasteiger partial charge in [-0.3, -0.25) is 0 Å². The van der Waals surface area contributed by atoms with Gasteiger partial charge in [0.25, 0.3) is 0 Å². The molecule has 4 nitrogen and oxygen atoms in total. The molecular formula is C92H59N3OS. The van der Waals surface area contributed by atoms with Crippen LogP contribution in [0.4, 0.5) is 17.1 Å². The lowest BCUT2D eigenvalue weighted by Crippen LogP contribution is -2.09. The summed E-state index contributed by atoms with van der Waals surface area (Å²) in [5.74, 6) is 0. The first kappa shape index (κ1) is 50.9. The smallest absolute Gasteiger partial charge is 0.136 e. The molecule has 0 saturated heterocycles. The number of hydrogen-bond acceptors (Lipinski definition) is 3. The molecule has 20 rings (SSSR count). The Kier molecular flexibility index (Phi) is 12.2. The molecule has 20 aromatic rings. The van der Waals surface area contributed by atoms with Crippen molar-refractivity contribution in [2.45, 2.75) is 0 Å². The lowest BCUT2D eigenvalue weighted by Gasteiger charge is -2.26. The first-order valence-corrected chi connectivity index (χ1v) is 33.5. The third kappa shape index (κ3) is 9.58. The second-order valence-electron chi connectivity index (χ2n) is 24.7. The normalized spacial score (nSPS) is 12.4. The molecule has 4 aromatic heterocycles. The number of benzene rings is 16. The van der Waals surface area contributed by atoms with Gasteiger partial charge in [0, 0.05) is 80.9 Å². The number of thiophene rings is 1. The van der Waals surface area contributed by atoms with E-state index < -0.39 is 6.04 Å². The number of furan rings is 1. The summed E-state index contributed by atoms with van der Waals surface area (Å²) in [6, 6.07) is 114. The average Bonchev–Trinajstić information content (AvgIpc) is 1.55. The Bertz CT molecular complexity index is 6620. The zero-order chi connectivity index (χ0) is 68.3. The molecule has 16 aromatic carbocycles. The van der Waals surface area contributed by atoms with E-state index in [0.29, 0.717) is 0 Å². The van der Waals surface area contributed by atoms with E-state index in [9.17, 15) is 0 Å². The van der Waals surface area contributed by atoms with Gasteiger partial charge in [-0.1, -0.05) is 249 Å². The van der Waals surface area contributed by atoms with E-state index in [1.54, 1.807) is 0 Å². The standard InChI is InChI=1S/C48H31NOS.C44H28N2/c1-3-10-32(11-4-1)34-18-23-37(24-19-34)49(38-25-20-35(21-26-38)33-12-5-2-6-13-33)39-27-29-44-43(31-39)48-40(15-9-16-45(48)50-44)36-22-28-42-41-14-7-8-17-46(41)51-47(42)30-36;1-2-14-32(15-3-1)46-41-26-23-30-12-5-7-17-36(30)44(41)39-27-38-37-18-8-9-20-40(37)45(42(38)28-43(39)46)33-24-21-31(22-25-33)35-19-10-13-29-11-4-6-16-34(29)35/h1-31H;1-28H/i;1D,2D,3D,14D,15D. The largest absolute Gasteiger partial charge is 0.456 e. The first-order chi connectivity index (χ1) is 50.2. The van der Waals surface area contributed by atoms with Crippen LogP contribution in [0.25, 0.3) is 163 Å². The summed E-state index contributed by atoms with van der Waals surface area (Å²) < 4.78 is 56.6. The molecule has 0 bridgehead atoms. The van der Waals surface area contributed by atoms with E-state index in [2.05, 4.69) is 313 Å². The molecular weight excluding hydrogens is 1200 g/mol. The van der Waals surface area contributed by atoms with Crippen LogP contribution in [0.3, 0.4) is 0 Å². The lowest BCUT2D eigenvalue weighted by molar-refractivity contribution is 0.669. The predicted molar refractivity (Wildman–Crippen MR) is 413 cm³/mol. The quantitative estimate of drug-likeness (QED) is 0.144. The highest BCUT2D eigenvalue weighted by atomic mass is 32.1. The van der Waals surface area contributed by atoms with Crippen LogP contribution in [0.2, 0.25) is 0 Å². The minimum Gasteiger partial charge on any atom is -0.456 e. The van der Waals surface area contributed by atoms with Gasteiger partial charge in [-0.2, -0.15) is 0 Å². The molecule has 0 aliphatic carbocycles. The molecule has 0 amide bonds. The molecule has 97 heavy (non-hydrogen) atoms. The van der Waals surface area contributed by atoms with Gasteiger partial charge in [0.05, 0.1) is 28.9 Å². The van der Waals surface area contributed by atoms with Gasteiger partial charge in [-0.05, 0) is 175 Å². The van der Waals surface area contributed by atoms with Gasteiger partial charge in [-0.15, -0.1) is 11.3 Å². The SMILES string of the molecule is [2H]c1c([2H])c([2H])c(-n2c3cc4c(cc3c3c5ccccc5ccc32)c2ccccc2n4-c2ccc(-c3cccc4ccccc34)cc2)c([2H])c1[2H].c1ccc(-c2ccc(N(c3ccc(-c4ccccc4)cc3)c3ccc4oc5cccc(-c6ccc7c(c6)sc6ccccc67)c5c4c3)cc2)cc1.